The monoisotopic (exact) mass is 816 g/mol. The molecule has 0 saturated carbocycles. The summed E-state index contributed by atoms with van der Waals surface area (Å²) >= 11 is 0. The molecule has 4 N–H and O–H groups in total. The summed E-state index contributed by atoms with van der Waals surface area (Å²) in [5, 5.41) is 31.0. The van der Waals surface area contributed by atoms with E-state index >= 15 is 0 Å². The third kappa shape index (κ3) is 10.7. The highest BCUT2D eigenvalue weighted by Crippen LogP contribution is 2.45. The molecule has 0 spiro atoms. The Bertz CT molecular complexity index is 2040. The Labute approximate surface area is 347 Å². The number of alkyl carbamates (subject to hydrolysis) is 2. The van der Waals surface area contributed by atoms with E-state index < -0.39 is 35.2 Å². The number of amides is 2. The van der Waals surface area contributed by atoms with Gasteiger partial charge in [0.1, 0.15) is 24.3 Å². The van der Waals surface area contributed by atoms with E-state index in [9.17, 15) is 29.4 Å². The highest BCUT2D eigenvalue weighted by molar-refractivity contribution is 5.85. The van der Waals surface area contributed by atoms with Crippen LogP contribution in [0.4, 0.5) is 9.59 Å². The fourth-order valence-electron chi connectivity index (χ4n) is 7.58. The second-order valence-corrected chi connectivity index (χ2v) is 15.0. The van der Waals surface area contributed by atoms with Crippen LogP contribution in [0.15, 0.2) is 107 Å². The standard InChI is InChI=1S/2C22H24N4O4/c2*1-22(20(27)28,12-6-7-13-24-26-23)25-21(29)30-14-19-17-10-4-2-8-15(17)16-9-3-5-11-18(16)19/h2*2-5,8-11,19H,6-7,12-14H2,1H3,(H,25,29)(H,27,28)/t2*22-/m10/s1. The Morgan fingerprint density at radius 2 is 0.867 bits per heavy atom. The Balaban J connectivity index is 0.000000228. The van der Waals surface area contributed by atoms with Gasteiger partial charge in [-0.15, -0.1) is 0 Å². The Morgan fingerprint density at radius 3 is 1.15 bits per heavy atom. The number of fused-ring (bicyclic) bond motifs is 6. The number of azide groups is 2. The molecule has 2 aliphatic carbocycles. The van der Waals surface area contributed by atoms with Crippen LogP contribution < -0.4 is 10.6 Å². The average Bonchev–Trinajstić information content (AvgIpc) is 3.74. The number of unbranched alkanes of at least 4 members (excludes halogenated alkanes) is 2. The maximum atomic E-state index is 12.4. The van der Waals surface area contributed by atoms with Crippen LogP contribution in [0.25, 0.3) is 43.1 Å². The molecule has 0 fully saturated rings. The van der Waals surface area contributed by atoms with Crippen molar-refractivity contribution in [1.29, 1.82) is 0 Å². The first-order chi connectivity index (χ1) is 28.9. The molecule has 0 aliphatic heterocycles. The number of carboxylic acids is 2. The molecule has 0 radical (unpaired) electrons. The van der Waals surface area contributed by atoms with Crippen LogP contribution in [0.2, 0.25) is 0 Å². The molecular formula is C44H48N8O8. The highest BCUT2D eigenvalue weighted by atomic mass is 16.6. The SMILES string of the molecule is C[C@@](CCCCN=[N+]=[N-])(NC(=O)OCC1c2ccccc2-c2ccccc21)C(=O)O.C[C@](CCCCN=[N+]=[N-])(NC(=O)OCC1c2ccccc2-c2ccccc21)C(=O)O. The number of rotatable bonds is 18. The van der Waals surface area contributed by atoms with E-state index in [1.54, 1.807) is 0 Å². The van der Waals surface area contributed by atoms with E-state index in [1.807, 2.05) is 97.1 Å². The molecule has 0 bridgehead atoms. The molecule has 16 heteroatoms. The first-order valence-electron chi connectivity index (χ1n) is 19.7. The van der Waals surface area contributed by atoms with Crippen LogP contribution >= 0.6 is 0 Å². The van der Waals surface area contributed by atoms with Gasteiger partial charge in [0.25, 0.3) is 0 Å². The number of hydrogen-bond donors (Lipinski definition) is 4. The van der Waals surface area contributed by atoms with E-state index in [0.29, 0.717) is 25.7 Å². The Hall–Kier alpha value is -7.02. The van der Waals surface area contributed by atoms with E-state index in [-0.39, 0.29) is 51.0 Å². The van der Waals surface area contributed by atoms with Gasteiger partial charge in [0.05, 0.1) is 0 Å². The van der Waals surface area contributed by atoms with Gasteiger partial charge >= 0.3 is 24.1 Å². The predicted octanol–water partition coefficient (Wildman–Crippen LogP) is 9.70. The predicted molar refractivity (Wildman–Crippen MR) is 224 cm³/mol. The van der Waals surface area contributed by atoms with Gasteiger partial charge in [-0.1, -0.05) is 120 Å². The minimum absolute atomic E-state index is 0.0944. The van der Waals surface area contributed by atoms with E-state index in [4.69, 9.17) is 20.5 Å². The van der Waals surface area contributed by atoms with Gasteiger partial charge in [0.15, 0.2) is 0 Å². The topological polar surface area (TPSA) is 249 Å². The summed E-state index contributed by atoms with van der Waals surface area (Å²) in [7, 11) is 0. The maximum Gasteiger partial charge on any atom is 0.408 e. The fourth-order valence-corrected chi connectivity index (χ4v) is 7.58. The molecule has 0 heterocycles. The van der Waals surface area contributed by atoms with E-state index in [2.05, 4.69) is 30.7 Å². The summed E-state index contributed by atoms with van der Waals surface area (Å²) in [5.74, 6) is -2.47. The quantitative estimate of drug-likeness (QED) is 0.0325. The van der Waals surface area contributed by atoms with Crippen LogP contribution in [0.1, 0.15) is 86.5 Å². The molecule has 60 heavy (non-hydrogen) atoms. The van der Waals surface area contributed by atoms with Crippen LogP contribution in [0.3, 0.4) is 0 Å². The Morgan fingerprint density at radius 1 is 0.567 bits per heavy atom. The van der Waals surface area contributed by atoms with Crippen molar-refractivity contribution in [1.82, 2.24) is 10.6 Å². The number of aliphatic carboxylic acids is 2. The molecular weight excluding hydrogens is 769 g/mol. The summed E-state index contributed by atoms with van der Waals surface area (Å²) < 4.78 is 10.9. The average molecular weight is 817 g/mol. The van der Waals surface area contributed by atoms with Crippen molar-refractivity contribution in [2.45, 2.75) is 75.3 Å². The van der Waals surface area contributed by atoms with Crippen LogP contribution in [0, 0.1) is 0 Å². The third-order valence-corrected chi connectivity index (χ3v) is 10.9. The summed E-state index contributed by atoms with van der Waals surface area (Å²) in [4.78, 5) is 53.6. The minimum atomic E-state index is -1.46. The van der Waals surface area contributed by atoms with Crippen LogP contribution in [-0.2, 0) is 19.1 Å². The first kappa shape index (κ1) is 44.1. The second-order valence-electron chi connectivity index (χ2n) is 15.0. The number of carboxylic acid groups (broad SMARTS) is 2. The van der Waals surface area contributed by atoms with Crippen molar-refractivity contribution >= 4 is 24.1 Å². The lowest BCUT2D eigenvalue weighted by Gasteiger charge is -2.26. The lowest BCUT2D eigenvalue weighted by molar-refractivity contribution is -0.145. The molecule has 0 unspecified atom stereocenters. The number of carbonyl (C=O) groups excluding carboxylic acids is 2. The number of nitrogens with zero attached hydrogens (tertiary/aromatic N) is 6. The molecule has 16 nitrogen and oxygen atoms in total. The fraction of sp³-hybridized carbons (Fsp3) is 0.364. The molecule has 0 saturated heterocycles. The lowest BCUT2D eigenvalue weighted by Crippen LogP contribution is -2.52. The van der Waals surface area contributed by atoms with Gasteiger partial charge in [-0.2, -0.15) is 0 Å². The number of nitrogens with one attached hydrogen (secondary N) is 2. The highest BCUT2D eigenvalue weighted by Gasteiger charge is 2.37. The second kappa shape index (κ2) is 20.6. The van der Waals surface area contributed by atoms with Gasteiger partial charge in [-0.05, 0) is 95.1 Å². The lowest BCUT2D eigenvalue weighted by atomic mass is 9.95. The molecule has 2 aliphatic rings. The van der Waals surface area contributed by atoms with Gasteiger partial charge in [0, 0.05) is 34.7 Å². The van der Waals surface area contributed by atoms with Crippen LogP contribution in [-0.4, -0.2) is 71.7 Å². The number of ether oxygens (including phenoxy) is 2. The van der Waals surface area contributed by atoms with Gasteiger partial charge < -0.3 is 30.3 Å². The van der Waals surface area contributed by atoms with Gasteiger partial charge in [0.2, 0.25) is 0 Å². The summed E-state index contributed by atoms with van der Waals surface area (Å²) in [5.41, 5.74) is 22.5. The molecule has 6 rings (SSSR count). The summed E-state index contributed by atoms with van der Waals surface area (Å²) in [6.07, 6.45) is 0.935. The third-order valence-electron chi connectivity index (χ3n) is 10.9. The van der Waals surface area contributed by atoms with Gasteiger partial charge in [-0.3, -0.25) is 0 Å². The molecule has 0 aromatic heterocycles. The van der Waals surface area contributed by atoms with Crippen molar-refractivity contribution in [3.05, 3.63) is 140 Å². The summed E-state index contributed by atoms with van der Waals surface area (Å²) in [6, 6.07) is 32.0. The normalized spacial score (nSPS) is 14.0. The molecule has 4 aromatic carbocycles. The molecule has 312 valence electrons. The zero-order valence-electron chi connectivity index (χ0n) is 33.5. The van der Waals surface area contributed by atoms with E-state index in [1.165, 1.54) is 13.8 Å². The smallest absolute Gasteiger partial charge is 0.408 e. The van der Waals surface area contributed by atoms with Crippen molar-refractivity contribution in [2.24, 2.45) is 10.2 Å². The number of carbonyl (C=O) groups is 4. The zero-order valence-corrected chi connectivity index (χ0v) is 33.5. The molecule has 2 atom stereocenters. The first-order valence-corrected chi connectivity index (χ1v) is 19.7. The zero-order chi connectivity index (χ0) is 43.1. The maximum absolute atomic E-state index is 12.4. The van der Waals surface area contributed by atoms with E-state index in [0.717, 1.165) is 44.5 Å². The van der Waals surface area contributed by atoms with Crippen molar-refractivity contribution in [3.63, 3.8) is 0 Å². The van der Waals surface area contributed by atoms with Crippen molar-refractivity contribution in [2.75, 3.05) is 26.3 Å². The largest absolute Gasteiger partial charge is 0.480 e. The summed E-state index contributed by atoms with van der Waals surface area (Å²) in [6.45, 7) is 3.71. The number of benzene rings is 4. The minimum Gasteiger partial charge on any atom is -0.480 e. The molecule has 4 aromatic rings. The van der Waals surface area contributed by atoms with Crippen molar-refractivity contribution in [3.8, 4) is 22.3 Å². The number of hydrogen-bond acceptors (Lipinski definition) is 8. The molecule has 2 amide bonds. The van der Waals surface area contributed by atoms with Gasteiger partial charge in [-0.25, -0.2) is 19.2 Å². The van der Waals surface area contributed by atoms with Crippen molar-refractivity contribution < 1.29 is 38.9 Å². The Kier molecular flexibility index (Phi) is 15.1. The van der Waals surface area contributed by atoms with Crippen LogP contribution in [0.5, 0.6) is 0 Å².